The molecule has 18 heavy (non-hydrogen) atoms. The first-order valence-corrected chi connectivity index (χ1v) is 6.87. The quantitative estimate of drug-likeness (QED) is 0.838. The van der Waals surface area contributed by atoms with Gasteiger partial charge in [-0.15, -0.1) is 0 Å². The number of amides is 1. The van der Waals surface area contributed by atoms with Crippen LogP contribution in [0.2, 0.25) is 0 Å². The summed E-state index contributed by atoms with van der Waals surface area (Å²) in [5.41, 5.74) is -0.618. The van der Waals surface area contributed by atoms with Crippen LogP contribution in [0.3, 0.4) is 0 Å². The Kier molecular flexibility index (Phi) is 4.08. The van der Waals surface area contributed by atoms with Crippen LogP contribution in [0.15, 0.2) is 23.4 Å². The number of nitrogens with zero attached hydrogens (tertiary/aromatic N) is 1. The largest absolute Gasteiger partial charge is 0.355 e. The zero-order chi connectivity index (χ0) is 14.0. The molecule has 0 fully saturated rings. The summed E-state index contributed by atoms with van der Waals surface area (Å²) in [6.07, 6.45) is 1.34. The fourth-order valence-corrected chi connectivity index (χ4v) is 2.92. The van der Waals surface area contributed by atoms with E-state index < -0.39 is 21.5 Å². The summed E-state index contributed by atoms with van der Waals surface area (Å²) >= 11 is 0. The van der Waals surface area contributed by atoms with E-state index in [1.165, 1.54) is 25.4 Å². The molecule has 0 aromatic carbocycles. The van der Waals surface area contributed by atoms with Crippen molar-refractivity contribution in [3.8, 4) is 0 Å². The average Bonchev–Trinajstić information content (AvgIpc) is 2.25. The van der Waals surface area contributed by atoms with Crippen molar-refractivity contribution < 1.29 is 13.2 Å². The first-order chi connectivity index (χ1) is 8.17. The fourth-order valence-electron chi connectivity index (χ4n) is 1.36. The van der Waals surface area contributed by atoms with Gasteiger partial charge in [0, 0.05) is 18.8 Å². The fraction of sp³-hybridized carbons (Fsp3) is 0.455. The second-order valence-electron chi connectivity index (χ2n) is 4.79. The summed E-state index contributed by atoms with van der Waals surface area (Å²) in [5, 5.41) is 2.12. The topological polar surface area (TPSA) is 88.2 Å². The van der Waals surface area contributed by atoms with Crippen LogP contribution in [0.1, 0.15) is 31.1 Å². The molecule has 100 valence electrons. The van der Waals surface area contributed by atoms with Crippen molar-refractivity contribution in [3.63, 3.8) is 0 Å². The Bertz CT molecular complexity index is 547. The van der Waals surface area contributed by atoms with Crippen molar-refractivity contribution in [1.82, 2.24) is 15.0 Å². The zero-order valence-electron chi connectivity index (χ0n) is 10.8. The van der Waals surface area contributed by atoms with E-state index in [0.29, 0.717) is 0 Å². The minimum Gasteiger partial charge on any atom is -0.355 e. The molecule has 0 aliphatic heterocycles. The highest BCUT2D eigenvalue weighted by Crippen LogP contribution is 2.14. The number of hydrogen-bond acceptors (Lipinski definition) is 4. The van der Waals surface area contributed by atoms with E-state index in [2.05, 4.69) is 15.0 Å². The van der Waals surface area contributed by atoms with E-state index in [0.717, 1.165) is 0 Å². The molecule has 0 spiro atoms. The van der Waals surface area contributed by atoms with E-state index in [9.17, 15) is 13.2 Å². The molecule has 1 aromatic rings. The molecule has 1 heterocycles. The molecular formula is C11H17N3O3S. The summed E-state index contributed by atoms with van der Waals surface area (Å²) in [7, 11) is -2.39. The molecule has 0 saturated heterocycles. The third-order valence-corrected chi connectivity index (χ3v) is 3.65. The lowest BCUT2D eigenvalue weighted by atomic mass is 10.1. The van der Waals surface area contributed by atoms with E-state index in [1.54, 1.807) is 20.8 Å². The summed E-state index contributed by atoms with van der Waals surface area (Å²) < 4.78 is 26.7. The molecule has 2 N–H and O–H groups in total. The molecule has 0 atom stereocenters. The Morgan fingerprint density at radius 2 is 1.94 bits per heavy atom. The van der Waals surface area contributed by atoms with Gasteiger partial charge in [0.05, 0.1) is 5.56 Å². The van der Waals surface area contributed by atoms with Crippen LogP contribution in [0.5, 0.6) is 0 Å². The number of hydrogen-bond donors (Lipinski definition) is 2. The summed E-state index contributed by atoms with van der Waals surface area (Å²) in [6.45, 7) is 5.15. The highest BCUT2D eigenvalue weighted by atomic mass is 32.2. The minimum absolute atomic E-state index is 0.0248. The lowest BCUT2D eigenvalue weighted by Crippen LogP contribution is -2.41. The molecule has 0 radical (unpaired) electrons. The van der Waals surface area contributed by atoms with Gasteiger partial charge in [0.2, 0.25) is 0 Å². The standard InChI is InChI=1S/C11H17N3O3S/c1-11(2,3)14-18(16,17)10-8(9(15)12-4)6-5-7-13-10/h5-7,14H,1-4H3,(H,12,15). The van der Waals surface area contributed by atoms with Gasteiger partial charge in [-0.25, -0.2) is 18.1 Å². The van der Waals surface area contributed by atoms with Crippen molar-refractivity contribution >= 4 is 15.9 Å². The third kappa shape index (κ3) is 3.51. The van der Waals surface area contributed by atoms with Crippen molar-refractivity contribution in [3.05, 3.63) is 23.9 Å². The number of carbonyl (C=O) groups excluding carboxylic acids is 1. The Morgan fingerprint density at radius 3 is 2.44 bits per heavy atom. The van der Waals surface area contributed by atoms with Crippen molar-refractivity contribution in [2.75, 3.05) is 7.05 Å². The first-order valence-electron chi connectivity index (χ1n) is 5.38. The average molecular weight is 271 g/mol. The predicted octanol–water partition coefficient (Wildman–Crippen LogP) is 0.518. The van der Waals surface area contributed by atoms with E-state index in [1.807, 2.05) is 0 Å². The number of nitrogens with one attached hydrogen (secondary N) is 2. The monoisotopic (exact) mass is 271 g/mol. The van der Waals surface area contributed by atoms with Crippen molar-refractivity contribution in [2.45, 2.75) is 31.3 Å². The van der Waals surface area contributed by atoms with Gasteiger partial charge in [-0.05, 0) is 32.9 Å². The van der Waals surface area contributed by atoms with E-state index >= 15 is 0 Å². The second kappa shape index (κ2) is 5.03. The SMILES string of the molecule is CNC(=O)c1cccnc1S(=O)(=O)NC(C)(C)C. The van der Waals surface area contributed by atoms with Crippen molar-refractivity contribution in [2.24, 2.45) is 0 Å². The summed E-state index contributed by atoms with van der Waals surface area (Å²) in [5.74, 6) is -0.489. The predicted molar refractivity (Wildman–Crippen MR) is 67.7 cm³/mol. The third-order valence-electron chi connectivity index (χ3n) is 1.94. The molecule has 0 saturated carbocycles. The molecule has 0 aliphatic carbocycles. The number of aromatic nitrogens is 1. The van der Waals surface area contributed by atoms with Crippen molar-refractivity contribution in [1.29, 1.82) is 0 Å². The van der Waals surface area contributed by atoms with Gasteiger partial charge in [0.1, 0.15) is 0 Å². The zero-order valence-corrected chi connectivity index (χ0v) is 11.6. The molecular weight excluding hydrogens is 254 g/mol. The van der Waals surface area contributed by atoms with E-state index in [4.69, 9.17) is 0 Å². The number of pyridine rings is 1. The summed E-state index contributed by atoms with van der Waals surface area (Å²) in [4.78, 5) is 15.4. The Hall–Kier alpha value is -1.47. The molecule has 1 rings (SSSR count). The number of carbonyl (C=O) groups is 1. The highest BCUT2D eigenvalue weighted by molar-refractivity contribution is 7.89. The van der Waals surface area contributed by atoms with Crippen LogP contribution >= 0.6 is 0 Å². The van der Waals surface area contributed by atoms with Gasteiger partial charge >= 0.3 is 0 Å². The Labute approximate surface area is 107 Å². The molecule has 7 heteroatoms. The molecule has 1 amide bonds. The number of sulfonamides is 1. The Balaban J connectivity index is 3.29. The molecule has 6 nitrogen and oxygen atoms in total. The van der Waals surface area contributed by atoms with Crippen LogP contribution in [-0.2, 0) is 10.0 Å². The minimum atomic E-state index is -3.83. The van der Waals surface area contributed by atoms with Crippen LogP contribution in [0.4, 0.5) is 0 Å². The lowest BCUT2D eigenvalue weighted by molar-refractivity contribution is 0.0959. The van der Waals surface area contributed by atoms with Gasteiger partial charge < -0.3 is 5.32 Å². The maximum absolute atomic E-state index is 12.1. The van der Waals surface area contributed by atoms with Crippen LogP contribution in [0.25, 0.3) is 0 Å². The van der Waals surface area contributed by atoms with Gasteiger partial charge in [-0.2, -0.15) is 0 Å². The lowest BCUT2D eigenvalue weighted by Gasteiger charge is -2.20. The van der Waals surface area contributed by atoms with Crippen LogP contribution in [0, 0.1) is 0 Å². The van der Waals surface area contributed by atoms with E-state index in [-0.39, 0.29) is 10.6 Å². The second-order valence-corrected chi connectivity index (χ2v) is 6.39. The molecule has 0 bridgehead atoms. The van der Waals surface area contributed by atoms with Gasteiger partial charge in [0.25, 0.3) is 15.9 Å². The van der Waals surface area contributed by atoms with Gasteiger partial charge in [-0.3, -0.25) is 4.79 Å². The Morgan fingerprint density at radius 1 is 1.33 bits per heavy atom. The number of rotatable bonds is 3. The maximum Gasteiger partial charge on any atom is 0.259 e. The highest BCUT2D eigenvalue weighted by Gasteiger charge is 2.27. The van der Waals surface area contributed by atoms with Gasteiger partial charge in [0.15, 0.2) is 5.03 Å². The van der Waals surface area contributed by atoms with Crippen LogP contribution < -0.4 is 10.0 Å². The summed E-state index contributed by atoms with van der Waals surface area (Å²) in [6, 6.07) is 2.93. The van der Waals surface area contributed by atoms with Crippen LogP contribution in [-0.4, -0.2) is 31.9 Å². The molecule has 1 aromatic heterocycles. The first kappa shape index (κ1) is 14.6. The van der Waals surface area contributed by atoms with Gasteiger partial charge in [-0.1, -0.05) is 0 Å². The normalized spacial score (nSPS) is 12.2. The maximum atomic E-state index is 12.1. The smallest absolute Gasteiger partial charge is 0.259 e. The molecule has 0 aliphatic rings. The molecule has 0 unspecified atom stereocenters.